The van der Waals surface area contributed by atoms with Crippen molar-refractivity contribution in [1.29, 1.82) is 0 Å². The molecule has 1 amide bonds. The van der Waals surface area contributed by atoms with E-state index < -0.39 is 0 Å². The van der Waals surface area contributed by atoms with Gasteiger partial charge in [-0.1, -0.05) is 23.9 Å². The van der Waals surface area contributed by atoms with Gasteiger partial charge in [-0.2, -0.15) is 0 Å². The Balaban J connectivity index is 2.02. The zero-order valence-corrected chi connectivity index (χ0v) is 12.3. The molecule has 1 atom stereocenters. The van der Waals surface area contributed by atoms with Gasteiger partial charge in [0.15, 0.2) is 0 Å². The molecule has 0 radical (unpaired) electrons. The lowest BCUT2D eigenvalue weighted by Crippen LogP contribution is -2.23. The van der Waals surface area contributed by atoms with E-state index in [0.717, 1.165) is 16.3 Å². The van der Waals surface area contributed by atoms with Crippen LogP contribution in [0, 0.1) is 6.92 Å². The molecule has 1 heterocycles. The van der Waals surface area contributed by atoms with Gasteiger partial charge >= 0.3 is 0 Å². The Hall–Kier alpha value is -2.01. The van der Waals surface area contributed by atoms with Gasteiger partial charge in [0.1, 0.15) is 0 Å². The van der Waals surface area contributed by atoms with Crippen molar-refractivity contribution in [2.45, 2.75) is 24.1 Å². The number of aryl methyl sites for hydroxylation is 1. The van der Waals surface area contributed by atoms with Gasteiger partial charge in [-0.25, -0.2) is 4.98 Å². The summed E-state index contributed by atoms with van der Waals surface area (Å²) < 4.78 is 0. The number of thioether (sulfide) groups is 1. The average molecular weight is 287 g/mol. The van der Waals surface area contributed by atoms with E-state index >= 15 is 0 Å². The van der Waals surface area contributed by atoms with Crippen LogP contribution >= 0.6 is 11.8 Å². The fourth-order valence-electron chi connectivity index (χ4n) is 1.66. The molecule has 0 aliphatic rings. The Morgan fingerprint density at radius 3 is 2.85 bits per heavy atom. The van der Waals surface area contributed by atoms with E-state index in [9.17, 15) is 4.79 Å². The van der Waals surface area contributed by atoms with Crippen molar-refractivity contribution in [3.63, 3.8) is 0 Å². The SMILES string of the molecule is Cc1ccc(N)cc1NC(=O)C(C)Sc1ccccn1. The Labute approximate surface area is 122 Å². The molecule has 0 saturated carbocycles. The number of amides is 1. The molecular formula is C15H17N3OS. The number of carbonyl (C=O) groups excluding carboxylic acids is 1. The van der Waals surface area contributed by atoms with Gasteiger partial charge in [0.2, 0.25) is 5.91 Å². The number of rotatable bonds is 4. The Kier molecular flexibility index (Phi) is 4.63. The summed E-state index contributed by atoms with van der Waals surface area (Å²) in [7, 11) is 0. The second-order valence-electron chi connectivity index (χ2n) is 4.49. The molecule has 3 N–H and O–H groups in total. The normalized spacial score (nSPS) is 11.9. The summed E-state index contributed by atoms with van der Waals surface area (Å²) in [5.41, 5.74) is 8.11. The molecule has 0 saturated heterocycles. The number of pyridine rings is 1. The molecular weight excluding hydrogens is 270 g/mol. The lowest BCUT2D eigenvalue weighted by molar-refractivity contribution is -0.115. The number of nitrogens with one attached hydrogen (secondary N) is 1. The summed E-state index contributed by atoms with van der Waals surface area (Å²) in [4.78, 5) is 16.4. The number of nitrogen functional groups attached to an aromatic ring is 1. The Morgan fingerprint density at radius 2 is 2.15 bits per heavy atom. The van der Waals surface area contributed by atoms with Gasteiger partial charge in [0, 0.05) is 17.6 Å². The third kappa shape index (κ3) is 3.74. The number of hydrogen-bond acceptors (Lipinski definition) is 4. The summed E-state index contributed by atoms with van der Waals surface area (Å²) in [6, 6.07) is 11.1. The fourth-order valence-corrected chi connectivity index (χ4v) is 2.47. The van der Waals surface area contributed by atoms with E-state index in [-0.39, 0.29) is 11.2 Å². The van der Waals surface area contributed by atoms with E-state index in [1.54, 1.807) is 12.3 Å². The molecule has 2 aromatic rings. The van der Waals surface area contributed by atoms with Crippen LogP contribution in [0.5, 0.6) is 0 Å². The van der Waals surface area contributed by atoms with E-state index in [0.29, 0.717) is 5.69 Å². The monoisotopic (exact) mass is 287 g/mol. The first-order valence-corrected chi connectivity index (χ1v) is 7.19. The maximum Gasteiger partial charge on any atom is 0.237 e. The van der Waals surface area contributed by atoms with Gasteiger partial charge in [0.05, 0.1) is 10.3 Å². The summed E-state index contributed by atoms with van der Waals surface area (Å²) in [6.07, 6.45) is 1.72. The Bertz CT molecular complexity index is 601. The van der Waals surface area contributed by atoms with Gasteiger partial charge in [-0.05, 0) is 43.7 Å². The highest BCUT2D eigenvalue weighted by atomic mass is 32.2. The number of nitrogens with zero attached hydrogens (tertiary/aromatic N) is 1. The first kappa shape index (κ1) is 14.4. The van der Waals surface area contributed by atoms with Crippen LogP contribution in [-0.2, 0) is 4.79 Å². The number of hydrogen-bond donors (Lipinski definition) is 2. The minimum atomic E-state index is -0.231. The van der Waals surface area contributed by atoms with Gasteiger partial charge in [0.25, 0.3) is 0 Å². The van der Waals surface area contributed by atoms with E-state index in [1.807, 2.05) is 44.2 Å². The molecule has 20 heavy (non-hydrogen) atoms. The maximum absolute atomic E-state index is 12.2. The summed E-state index contributed by atoms with van der Waals surface area (Å²) in [5, 5.41) is 3.51. The largest absolute Gasteiger partial charge is 0.399 e. The molecule has 0 bridgehead atoms. The maximum atomic E-state index is 12.2. The molecule has 0 aliphatic heterocycles. The summed E-state index contributed by atoms with van der Waals surface area (Å²) in [5.74, 6) is -0.0608. The molecule has 5 heteroatoms. The number of nitrogens with two attached hydrogens (primary N) is 1. The van der Waals surface area contributed by atoms with Crippen LogP contribution in [-0.4, -0.2) is 16.1 Å². The van der Waals surface area contributed by atoms with Crippen LogP contribution in [0.15, 0.2) is 47.6 Å². The Morgan fingerprint density at radius 1 is 1.35 bits per heavy atom. The van der Waals surface area contributed by atoms with E-state index in [2.05, 4.69) is 10.3 Å². The van der Waals surface area contributed by atoms with Gasteiger partial charge < -0.3 is 11.1 Å². The molecule has 1 unspecified atom stereocenters. The number of anilines is 2. The molecule has 1 aromatic carbocycles. The second kappa shape index (κ2) is 6.43. The van der Waals surface area contributed by atoms with Crippen molar-refractivity contribution in [1.82, 2.24) is 4.98 Å². The average Bonchev–Trinajstić information content (AvgIpc) is 2.44. The third-order valence-corrected chi connectivity index (χ3v) is 3.87. The minimum Gasteiger partial charge on any atom is -0.399 e. The van der Waals surface area contributed by atoms with Crippen LogP contribution in [0.25, 0.3) is 0 Å². The number of aromatic nitrogens is 1. The molecule has 0 aliphatic carbocycles. The standard InChI is InChI=1S/C15H17N3OS/c1-10-6-7-12(16)9-13(10)18-15(19)11(2)20-14-5-3-4-8-17-14/h3-9,11H,16H2,1-2H3,(H,18,19). The van der Waals surface area contributed by atoms with Crippen molar-refractivity contribution in [3.8, 4) is 0 Å². The predicted octanol–water partition coefficient (Wildman–Crippen LogP) is 3.09. The van der Waals surface area contributed by atoms with E-state index in [1.165, 1.54) is 11.8 Å². The topological polar surface area (TPSA) is 68.0 Å². The van der Waals surface area contributed by atoms with Crippen LogP contribution in [0.2, 0.25) is 0 Å². The molecule has 0 fully saturated rings. The first-order chi connectivity index (χ1) is 9.56. The second-order valence-corrected chi connectivity index (χ2v) is 5.85. The van der Waals surface area contributed by atoms with Crippen molar-refractivity contribution in [2.24, 2.45) is 0 Å². The van der Waals surface area contributed by atoms with E-state index in [4.69, 9.17) is 5.73 Å². The highest BCUT2D eigenvalue weighted by molar-refractivity contribution is 8.00. The fraction of sp³-hybridized carbons (Fsp3) is 0.200. The lowest BCUT2D eigenvalue weighted by atomic mass is 10.2. The van der Waals surface area contributed by atoms with Crippen LogP contribution in [0.1, 0.15) is 12.5 Å². The molecule has 2 rings (SSSR count). The number of benzene rings is 1. The molecule has 0 spiro atoms. The van der Waals surface area contributed by atoms with Crippen LogP contribution in [0.3, 0.4) is 0 Å². The quantitative estimate of drug-likeness (QED) is 0.670. The van der Waals surface area contributed by atoms with Crippen molar-refractivity contribution in [2.75, 3.05) is 11.1 Å². The van der Waals surface area contributed by atoms with Gasteiger partial charge in [-0.15, -0.1) is 0 Å². The van der Waals surface area contributed by atoms with Crippen molar-refractivity contribution < 1.29 is 4.79 Å². The zero-order chi connectivity index (χ0) is 14.5. The van der Waals surface area contributed by atoms with Crippen molar-refractivity contribution >= 4 is 29.0 Å². The lowest BCUT2D eigenvalue weighted by Gasteiger charge is -2.13. The zero-order valence-electron chi connectivity index (χ0n) is 11.5. The van der Waals surface area contributed by atoms with Crippen molar-refractivity contribution in [3.05, 3.63) is 48.2 Å². The minimum absolute atomic E-state index is 0.0608. The smallest absolute Gasteiger partial charge is 0.237 e. The predicted molar refractivity (Wildman–Crippen MR) is 83.8 cm³/mol. The molecule has 4 nitrogen and oxygen atoms in total. The van der Waals surface area contributed by atoms with Crippen LogP contribution in [0.4, 0.5) is 11.4 Å². The first-order valence-electron chi connectivity index (χ1n) is 6.31. The van der Waals surface area contributed by atoms with Crippen LogP contribution < -0.4 is 11.1 Å². The van der Waals surface area contributed by atoms with Gasteiger partial charge in [-0.3, -0.25) is 4.79 Å². The highest BCUT2D eigenvalue weighted by Gasteiger charge is 2.15. The number of carbonyl (C=O) groups is 1. The summed E-state index contributed by atoms with van der Waals surface area (Å²) in [6.45, 7) is 3.79. The third-order valence-electron chi connectivity index (χ3n) is 2.82. The molecule has 104 valence electrons. The summed E-state index contributed by atoms with van der Waals surface area (Å²) >= 11 is 1.43. The highest BCUT2D eigenvalue weighted by Crippen LogP contribution is 2.23. The molecule has 1 aromatic heterocycles.